The molecule has 0 unspecified atom stereocenters. The molecule has 2 aliphatic rings. The second kappa shape index (κ2) is 6.28. The van der Waals surface area contributed by atoms with Crippen molar-refractivity contribution in [2.75, 3.05) is 6.54 Å². The summed E-state index contributed by atoms with van der Waals surface area (Å²) >= 11 is 3.26. The fraction of sp³-hybridized carbons (Fsp3) is 0.526. The smallest absolute Gasteiger partial charge is 0.231 e. The van der Waals surface area contributed by atoms with Crippen LogP contribution in [0.15, 0.2) is 35.0 Å². The third-order valence-corrected chi connectivity index (χ3v) is 7.71. The van der Waals surface area contributed by atoms with E-state index in [1.165, 1.54) is 4.88 Å². The predicted molar refractivity (Wildman–Crippen MR) is 98.4 cm³/mol. The minimum Gasteiger partial charge on any atom is -0.382 e. The van der Waals surface area contributed by atoms with Crippen molar-refractivity contribution in [3.63, 3.8) is 0 Å². The molecule has 3 nitrogen and oxygen atoms in total. The first-order valence-electron chi connectivity index (χ1n) is 8.74. The molecule has 2 fully saturated rings. The highest BCUT2D eigenvalue weighted by molar-refractivity contribution is 7.10. The standard InChI is InChI=1S/C19H23NO2S2/c21-17(18(9-1-2-10-18)15-5-3-11-23-15)20-13-19(22,14-7-8-14)16-6-4-12-24-16/h3-6,11-12,14,22H,1-2,7-10,13H2,(H,20,21)/t19-/m0/s1. The lowest BCUT2D eigenvalue weighted by molar-refractivity contribution is -0.128. The maximum Gasteiger partial charge on any atom is 0.231 e. The maximum absolute atomic E-state index is 13.1. The van der Waals surface area contributed by atoms with Gasteiger partial charge in [-0.05, 0) is 54.5 Å². The Morgan fingerprint density at radius 2 is 1.92 bits per heavy atom. The van der Waals surface area contributed by atoms with Crippen molar-refractivity contribution in [2.24, 2.45) is 5.92 Å². The lowest BCUT2D eigenvalue weighted by atomic mass is 9.83. The quantitative estimate of drug-likeness (QED) is 0.816. The summed E-state index contributed by atoms with van der Waals surface area (Å²) in [5.74, 6) is 0.371. The maximum atomic E-state index is 13.1. The molecule has 0 aromatic carbocycles. The number of hydrogen-bond acceptors (Lipinski definition) is 4. The molecule has 2 saturated carbocycles. The Morgan fingerprint density at radius 1 is 1.21 bits per heavy atom. The van der Waals surface area contributed by atoms with Gasteiger partial charge in [-0.1, -0.05) is 25.0 Å². The van der Waals surface area contributed by atoms with Crippen molar-refractivity contribution in [2.45, 2.75) is 49.5 Å². The molecule has 5 heteroatoms. The van der Waals surface area contributed by atoms with Crippen LogP contribution in [0.3, 0.4) is 0 Å². The number of rotatable bonds is 6. The van der Waals surface area contributed by atoms with Crippen molar-refractivity contribution in [3.8, 4) is 0 Å². The molecule has 1 amide bonds. The zero-order valence-corrected chi connectivity index (χ0v) is 15.3. The van der Waals surface area contributed by atoms with E-state index < -0.39 is 5.60 Å². The largest absolute Gasteiger partial charge is 0.382 e. The number of thiophene rings is 2. The molecule has 2 N–H and O–H groups in total. The van der Waals surface area contributed by atoms with E-state index in [-0.39, 0.29) is 17.2 Å². The van der Waals surface area contributed by atoms with Crippen LogP contribution in [0, 0.1) is 5.92 Å². The first kappa shape index (κ1) is 16.3. The fourth-order valence-electron chi connectivity index (χ4n) is 4.02. The van der Waals surface area contributed by atoms with Gasteiger partial charge >= 0.3 is 0 Å². The Labute approximate surface area is 150 Å². The van der Waals surface area contributed by atoms with Gasteiger partial charge in [-0.15, -0.1) is 22.7 Å². The molecular weight excluding hydrogens is 338 g/mol. The lowest BCUT2D eigenvalue weighted by Crippen LogP contribution is -2.48. The number of hydrogen-bond donors (Lipinski definition) is 2. The first-order valence-corrected chi connectivity index (χ1v) is 10.5. The number of amides is 1. The topological polar surface area (TPSA) is 49.3 Å². The van der Waals surface area contributed by atoms with Crippen molar-refractivity contribution < 1.29 is 9.90 Å². The Balaban J connectivity index is 1.53. The van der Waals surface area contributed by atoms with E-state index in [1.54, 1.807) is 22.7 Å². The highest BCUT2D eigenvalue weighted by Crippen LogP contribution is 2.47. The summed E-state index contributed by atoms with van der Waals surface area (Å²) in [6.07, 6.45) is 6.12. The van der Waals surface area contributed by atoms with E-state index in [2.05, 4.69) is 16.8 Å². The second-order valence-corrected chi connectivity index (χ2v) is 9.02. The molecule has 128 valence electrons. The van der Waals surface area contributed by atoms with Gasteiger partial charge in [0, 0.05) is 9.75 Å². The molecule has 4 rings (SSSR count). The van der Waals surface area contributed by atoms with E-state index in [4.69, 9.17) is 0 Å². The van der Waals surface area contributed by atoms with E-state index >= 15 is 0 Å². The van der Waals surface area contributed by atoms with Gasteiger partial charge in [-0.25, -0.2) is 0 Å². The molecule has 0 spiro atoms. The van der Waals surface area contributed by atoms with Gasteiger partial charge < -0.3 is 10.4 Å². The average Bonchev–Trinajstić information content (AvgIpc) is 3.09. The summed E-state index contributed by atoms with van der Waals surface area (Å²) in [5, 5.41) is 18.4. The third-order valence-electron chi connectivity index (χ3n) is 5.60. The normalized spacial score (nSPS) is 22.2. The van der Waals surface area contributed by atoms with Gasteiger partial charge in [-0.2, -0.15) is 0 Å². The Bertz CT molecular complexity index is 685. The first-order chi connectivity index (χ1) is 11.7. The summed E-state index contributed by atoms with van der Waals surface area (Å²) in [5.41, 5.74) is -1.28. The monoisotopic (exact) mass is 361 g/mol. The zero-order chi connectivity index (χ0) is 16.6. The van der Waals surface area contributed by atoms with Crippen LogP contribution >= 0.6 is 22.7 Å². The molecule has 0 bridgehead atoms. The summed E-state index contributed by atoms with van der Waals surface area (Å²) in [4.78, 5) is 15.3. The Kier molecular flexibility index (Phi) is 4.27. The van der Waals surface area contributed by atoms with Gasteiger partial charge in [0.15, 0.2) is 0 Å². The van der Waals surface area contributed by atoms with E-state index in [1.807, 2.05) is 23.6 Å². The van der Waals surface area contributed by atoms with Crippen LogP contribution in [0.4, 0.5) is 0 Å². The molecule has 2 aliphatic carbocycles. The second-order valence-electron chi connectivity index (χ2n) is 7.13. The number of carbonyl (C=O) groups excluding carboxylic acids is 1. The minimum absolute atomic E-state index is 0.0954. The molecule has 0 saturated heterocycles. The number of aliphatic hydroxyl groups is 1. The van der Waals surface area contributed by atoms with Crippen LogP contribution in [0.2, 0.25) is 0 Å². The summed E-state index contributed by atoms with van der Waals surface area (Å²) < 4.78 is 0. The van der Waals surface area contributed by atoms with Crippen molar-refractivity contribution in [3.05, 3.63) is 44.8 Å². The third kappa shape index (κ3) is 2.72. The van der Waals surface area contributed by atoms with E-state index in [0.717, 1.165) is 43.4 Å². The van der Waals surface area contributed by atoms with Gasteiger partial charge in [0.1, 0.15) is 5.60 Å². The van der Waals surface area contributed by atoms with Crippen LogP contribution in [0.25, 0.3) is 0 Å². The number of carbonyl (C=O) groups is 1. The SMILES string of the molecule is O=C(NC[C@@](O)(c1cccs1)C1CC1)C1(c2cccs2)CCCC1. The summed E-state index contributed by atoms with van der Waals surface area (Å²) in [7, 11) is 0. The highest BCUT2D eigenvalue weighted by Gasteiger charge is 2.48. The molecule has 2 heterocycles. The molecule has 24 heavy (non-hydrogen) atoms. The predicted octanol–water partition coefficient (Wildman–Crippen LogP) is 4.04. The van der Waals surface area contributed by atoms with Crippen LogP contribution in [0.5, 0.6) is 0 Å². The molecular formula is C19H23NO2S2. The average molecular weight is 362 g/mol. The van der Waals surface area contributed by atoms with Crippen molar-refractivity contribution >= 4 is 28.6 Å². The molecule has 2 aromatic rings. The highest BCUT2D eigenvalue weighted by atomic mass is 32.1. The Morgan fingerprint density at radius 3 is 2.50 bits per heavy atom. The lowest BCUT2D eigenvalue weighted by Gasteiger charge is -2.31. The number of nitrogens with one attached hydrogen (secondary N) is 1. The van der Waals surface area contributed by atoms with E-state index in [0.29, 0.717) is 6.54 Å². The van der Waals surface area contributed by atoms with Gasteiger partial charge in [0.2, 0.25) is 5.91 Å². The molecule has 1 atom stereocenters. The van der Waals surface area contributed by atoms with Crippen molar-refractivity contribution in [1.82, 2.24) is 5.32 Å². The van der Waals surface area contributed by atoms with E-state index in [9.17, 15) is 9.90 Å². The van der Waals surface area contributed by atoms with Crippen molar-refractivity contribution in [1.29, 1.82) is 0 Å². The van der Waals surface area contributed by atoms with Gasteiger partial charge in [-0.3, -0.25) is 4.79 Å². The van der Waals surface area contributed by atoms with Gasteiger partial charge in [0.05, 0.1) is 12.0 Å². The molecule has 0 aliphatic heterocycles. The molecule has 0 radical (unpaired) electrons. The summed E-state index contributed by atoms with van der Waals surface area (Å²) in [6.45, 7) is 0.324. The van der Waals surface area contributed by atoms with Crippen LogP contribution < -0.4 is 5.32 Å². The van der Waals surface area contributed by atoms with Gasteiger partial charge in [0.25, 0.3) is 0 Å². The summed E-state index contributed by atoms with van der Waals surface area (Å²) in [6, 6.07) is 8.07. The fourth-order valence-corrected chi connectivity index (χ4v) is 5.90. The Hall–Kier alpha value is -1.17. The van der Waals surface area contributed by atoms with Crippen LogP contribution in [-0.4, -0.2) is 17.6 Å². The minimum atomic E-state index is -0.904. The molecule has 2 aromatic heterocycles. The van der Waals surface area contributed by atoms with Crippen LogP contribution in [0.1, 0.15) is 48.3 Å². The van der Waals surface area contributed by atoms with Crippen LogP contribution in [-0.2, 0) is 15.8 Å². The zero-order valence-electron chi connectivity index (χ0n) is 13.7.